The third-order valence-corrected chi connectivity index (χ3v) is 9.00. The van der Waals surface area contributed by atoms with Crippen molar-refractivity contribution in [2.24, 2.45) is 0 Å². The molecule has 0 spiro atoms. The molecule has 5 heterocycles. The van der Waals surface area contributed by atoms with Gasteiger partial charge in [-0.2, -0.15) is 0 Å². The standard InChI is InChI=1S/C29H28N4O4/c1-29-27(36-4)20(33(2,3)35)13-21(37-29)31-18-11-7-5-9-15(18)23-24-17(14-30-28(24)34)22-16-10-6-8-12-19(16)32(29)26(22)25(23)31/h5-12,20-21,27H,13-14H2,1-4H3,(H,30,34)/t20-,21-,27-,29+/m1/s1. The third kappa shape index (κ3) is 2.40. The minimum atomic E-state index is -0.957. The highest BCUT2D eigenvalue weighted by Gasteiger charge is 2.56. The molecule has 188 valence electrons. The van der Waals surface area contributed by atoms with E-state index < -0.39 is 22.7 Å². The van der Waals surface area contributed by atoms with E-state index >= 15 is 0 Å². The molecule has 37 heavy (non-hydrogen) atoms. The van der Waals surface area contributed by atoms with Gasteiger partial charge in [0, 0.05) is 41.6 Å². The Bertz CT molecular complexity index is 1830. The molecule has 2 aromatic heterocycles. The fourth-order valence-corrected chi connectivity index (χ4v) is 7.61. The number of amides is 1. The molecule has 1 N–H and O–H groups in total. The first-order valence-electron chi connectivity index (χ1n) is 12.8. The number of fused-ring (bicyclic) bond motifs is 13. The van der Waals surface area contributed by atoms with E-state index in [9.17, 15) is 10.0 Å². The molecule has 0 saturated carbocycles. The second kappa shape index (κ2) is 6.71. The van der Waals surface area contributed by atoms with Crippen LogP contribution in [0.3, 0.4) is 0 Å². The maximum absolute atomic E-state index is 13.6. The number of nitrogens with zero attached hydrogens (tertiary/aromatic N) is 3. The lowest BCUT2D eigenvalue weighted by atomic mass is 9.91. The fourth-order valence-electron chi connectivity index (χ4n) is 7.61. The Morgan fingerprint density at radius 1 is 1.05 bits per heavy atom. The molecule has 1 amide bonds. The molecule has 1 fully saturated rings. The van der Waals surface area contributed by atoms with Crippen LogP contribution in [-0.2, 0) is 21.7 Å². The number of para-hydroxylation sites is 2. The number of hydrogen-bond acceptors (Lipinski definition) is 4. The number of quaternary nitrogens is 1. The molecule has 0 radical (unpaired) electrons. The van der Waals surface area contributed by atoms with Crippen LogP contribution in [0.5, 0.6) is 0 Å². The highest BCUT2D eigenvalue weighted by Crippen LogP contribution is 2.54. The van der Waals surface area contributed by atoms with Gasteiger partial charge in [-0.25, -0.2) is 0 Å². The molecule has 8 rings (SSSR count). The van der Waals surface area contributed by atoms with Crippen LogP contribution in [-0.4, -0.2) is 53.0 Å². The van der Waals surface area contributed by atoms with E-state index in [1.165, 1.54) is 0 Å². The van der Waals surface area contributed by atoms with Crippen molar-refractivity contribution in [3.63, 3.8) is 0 Å². The smallest absolute Gasteiger partial charge is 0.252 e. The zero-order valence-electron chi connectivity index (χ0n) is 21.2. The number of aromatic nitrogens is 2. The minimum absolute atomic E-state index is 0.0408. The van der Waals surface area contributed by atoms with Gasteiger partial charge in [-0.1, -0.05) is 36.4 Å². The molecular formula is C29H28N4O4. The van der Waals surface area contributed by atoms with Crippen molar-refractivity contribution in [2.45, 2.75) is 44.0 Å². The van der Waals surface area contributed by atoms with Crippen LogP contribution < -0.4 is 5.32 Å². The monoisotopic (exact) mass is 496 g/mol. The van der Waals surface area contributed by atoms with Crippen LogP contribution in [0.25, 0.3) is 43.6 Å². The second-order valence-electron chi connectivity index (χ2n) is 11.2. The van der Waals surface area contributed by atoms with Crippen LogP contribution in [0.2, 0.25) is 0 Å². The summed E-state index contributed by atoms with van der Waals surface area (Å²) in [5, 5.41) is 20.8. The number of carbonyl (C=O) groups is 1. The summed E-state index contributed by atoms with van der Waals surface area (Å²) >= 11 is 0. The van der Waals surface area contributed by atoms with Crippen molar-refractivity contribution < 1.29 is 18.9 Å². The molecule has 3 aliphatic rings. The van der Waals surface area contributed by atoms with Gasteiger partial charge in [0.15, 0.2) is 11.8 Å². The van der Waals surface area contributed by atoms with E-state index in [2.05, 4.69) is 45.6 Å². The molecular weight excluding hydrogens is 468 g/mol. The van der Waals surface area contributed by atoms with E-state index in [1.54, 1.807) is 21.2 Å². The fraction of sp³-hybridized carbons (Fsp3) is 0.345. The Hall–Kier alpha value is -3.43. The molecule has 8 heteroatoms. The van der Waals surface area contributed by atoms with Gasteiger partial charge in [-0.15, -0.1) is 0 Å². The summed E-state index contributed by atoms with van der Waals surface area (Å²) < 4.78 is 17.2. The van der Waals surface area contributed by atoms with Crippen LogP contribution in [0.1, 0.15) is 35.5 Å². The van der Waals surface area contributed by atoms with Gasteiger partial charge in [0.2, 0.25) is 0 Å². The lowest BCUT2D eigenvalue weighted by Crippen LogP contribution is -2.64. The summed E-state index contributed by atoms with van der Waals surface area (Å²) in [6.45, 7) is 2.54. The van der Waals surface area contributed by atoms with E-state index in [0.29, 0.717) is 13.0 Å². The lowest BCUT2D eigenvalue weighted by molar-refractivity contribution is -0.876. The summed E-state index contributed by atoms with van der Waals surface area (Å²) in [5.41, 5.74) is 4.85. The predicted molar refractivity (Wildman–Crippen MR) is 142 cm³/mol. The van der Waals surface area contributed by atoms with E-state index in [1.807, 2.05) is 24.3 Å². The second-order valence-corrected chi connectivity index (χ2v) is 11.2. The molecule has 3 aromatic carbocycles. The SMILES string of the molecule is CO[C@@H]1[C@H]([N+](C)(C)[O-])C[C@H]2O[C@]1(C)n1c3ccccc3c3c4c(c5c6ccccc6n2c5c31)C(=O)NC4. The normalized spacial score (nSPS) is 26.9. The summed E-state index contributed by atoms with van der Waals surface area (Å²) in [6, 6.07) is 16.1. The van der Waals surface area contributed by atoms with Crippen molar-refractivity contribution in [3.05, 3.63) is 64.9 Å². The average Bonchev–Trinajstić information content (AvgIpc) is 3.50. The summed E-state index contributed by atoms with van der Waals surface area (Å²) in [5.74, 6) is -0.0408. The number of benzene rings is 3. The molecule has 8 nitrogen and oxygen atoms in total. The predicted octanol–water partition coefficient (Wildman–Crippen LogP) is 4.71. The van der Waals surface area contributed by atoms with Gasteiger partial charge in [0.05, 0.1) is 41.7 Å². The molecule has 3 aliphatic heterocycles. The number of hydrogen-bond donors (Lipinski definition) is 1. The number of hydroxylamine groups is 3. The van der Waals surface area contributed by atoms with Gasteiger partial charge in [0.25, 0.3) is 5.91 Å². The Labute approximate surface area is 213 Å². The van der Waals surface area contributed by atoms with Crippen LogP contribution in [0.15, 0.2) is 48.5 Å². The number of carbonyl (C=O) groups excluding carboxylic acids is 1. The van der Waals surface area contributed by atoms with Crippen molar-refractivity contribution in [1.82, 2.24) is 14.5 Å². The van der Waals surface area contributed by atoms with Gasteiger partial charge >= 0.3 is 0 Å². The lowest BCUT2D eigenvalue weighted by Gasteiger charge is -2.54. The Kier molecular flexibility index (Phi) is 3.92. The Balaban J connectivity index is 1.69. The minimum Gasteiger partial charge on any atom is -0.633 e. The quantitative estimate of drug-likeness (QED) is 0.284. The molecule has 0 unspecified atom stereocenters. The zero-order valence-corrected chi connectivity index (χ0v) is 21.2. The molecule has 4 atom stereocenters. The van der Waals surface area contributed by atoms with Gasteiger partial charge in [0.1, 0.15) is 12.3 Å². The van der Waals surface area contributed by atoms with Crippen molar-refractivity contribution in [2.75, 3.05) is 21.2 Å². The van der Waals surface area contributed by atoms with Gasteiger partial charge in [-0.05, 0) is 24.6 Å². The third-order valence-electron chi connectivity index (χ3n) is 9.00. The van der Waals surface area contributed by atoms with Gasteiger partial charge in [-0.3, -0.25) is 4.79 Å². The largest absolute Gasteiger partial charge is 0.633 e. The first-order chi connectivity index (χ1) is 17.8. The maximum atomic E-state index is 13.6. The Morgan fingerprint density at radius 3 is 2.43 bits per heavy atom. The summed E-state index contributed by atoms with van der Waals surface area (Å²) in [6.07, 6.45) is -0.403. The molecule has 5 aromatic rings. The number of likely N-dealkylation sites (N-methyl/N-ethyl adjacent to an activating group) is 1. The highest BCUT2D eigenvalue weighted by molar-refractivity contribution is 6.31. The van der Waals surface area contributed by atoms with Crippen molar-refractivity contribution >= 4 is 49.5 Å². The number of ether oxygens (including phenoxy) is 2. The molecule has 1 saturated heterocycles. The summed E-state index contributed by atoms with van der Waals surface area (Å²) in [7, 11) is 5.05. The van der Waals surface area contributed by atoms with E-state index in [0.717, 1.165) is 54.7 Å². The first kappa shape index (κ1) is 21.6. The first-order valence-corrected chi connectivity index (χ1v) is 12.8. The van der Waals surface area contributed by atoms with Crippen LogP contribution in [0, 0.1) is 5.21 Å². The zero-order chi connectivity index (χ0) is 25.4. The maximum Gasteiger partial charge on any atom is 0.252 e. The average molecular weight is 497 g/mol. The van der Waals surface area contributed by atoms with Crippen LogP contribution in [0.4, 0.5) is 0 Å². The highest BCUT2D eigenvalue weighted by atomic mass is 16.6. The Morgan fingerprint density at radius 2 is 1.73 bits per heavy atom. The van der Waals surface area contributed by atoms with Crippen LogP contribution >= 0.6 is 0 Å². The number of methoxy groups -OCH3 is 1. The molecule has 0 aliphatic carbocycles. The summed E-state index contributed by atoms with van der Waals surface area (Å²) in [4.78, 5) is 13.4. The van der Waals surface area contributed by atoms with Crippen molar-refractivity contribution in [1.29, 1.82) is 0 Å². The van der Waals surface area contributed by atoms with Gasteiger partial charge < -0.3 is 33.8 Å². The number of rotatable bonds is 2. The van der Waals surface area contributed by atoms with E-state index in [-0.39, 0.29) is 11.9 Å². The molecule has 2 bridgehead atoms. The van der Waals surface area contributed by atoms with E-state index in [4.69, 9.17) is 9.47 Å². The number of nitrogens with one attached hydrogen (secondary N) is 1. The topological polar surface area (TPSA) is 80.5 Å². The van der Waals surface area contributed by atoms with Crippen molar-refractivity contribution in [3.8, 4) is 0 Å².